The lowest BCUT2D eigenvalue weighted by Gasteiger charge is -2.26. The van der Waals surface area contributed by atoms with Gasteiger partial charge < -0.3 is 9.64 Å². The van der Waals surface area contributed by atoms with E-state index in [1.54, 1.807) is 15.5 Å². The highest BCUT2D eigenvalue weighted by molar-refractivity contribution is 7.14. The van der Waals surface area contributed by atoms with E-state index in [-0.39, 0.29) is 11.9 Å². The van der Waals surface area contributed by atoms with Gasteiger partial charge in [0.05, 0.1) is 13.3 Å². The van der Waals surface area contributed by atoms with Crippen LogP contribution in [0.5, 0.6) is 0 Å². The number of pyridine rings is 1. The Kier molecular flexibility index (Phi) is 3.57. The molecular weight excluding hydrogens is 326 g/mol. The molecule has 0 atom stereocenters. The van der Waals surface area contributed by atoms with Crippen molar-refractivity contribution < 1.29 is 14.3 Å². The van der Waals surface area contributed by atoms with E-state index in [1.165, 1.54) is 18.4 Å². The Hall–Kier alpha value is -2.67. The number of nitrogens with zero attached hydrogens (tertiary/aromatic N) is 3. The molecule has 0 fully saturated rings. The lowest BCUT2D eigenvalue weighted by atomic mass is 10.1. The maximum absolute atomic E-state index is 12.9. The number of aromatic nitrogens is 2. The molecule has 3 aromatic heterocycles. The number of amides is 1. The largest absolute Gasteiger partial charge is 0.465 e. The van der Waals surface area contributed by atoms with Crippen molar-refractivity contribution in [1.82, 2.24) is 14.3 Å². The van der Waals surface area contributed by atoms with Crippen LogP contribution in [-0.4, -0.2) is 39.8 Å². The highest BCUT2D eigenvalue weighted by Crippen LogP contribution is 2.29. The van der Waals surface area contributed by atoms with E-state index in [0.717, 1.165) is 22.5 Å². The summed E-state index contributed by atoms with van der Waals surface area (Å²) in [6, 6.07) is 7.47. The number of ether oxygens (including phenoxy) is 1. The van der Waals surface area contributed by atoms with Gasteiger partial charge in [0, 0.05) is 24.2 Å². The zero-order chi connectivity index (χ0) is 16.7. The SMILES string of the molecule is COC(=O)c1cc2c(s1)CCN(C(=O)c1cnc3ccccn13)C2. The molecule has 3 aromatic rings. The van der Waals surface area contributed by atoms with Crippen molar-refractivity contribution in [3.8, 4) is 0 Å². The summed E-state index contributed by atoms with van der Waals surface area (Å²) < 4.78 is 6.57. The molecule has 0 saturated carbocycles. The summed E-state index contributed by atoms with van der Waals surface area (Å²) in [6.45, 7) is 1.13. The van der Waals surface area contributed by atoms with Crippen LogP contribution >= 0.6 is 11.3 Å². The maximum Gasteiger partial charge on any atom is 0.348 e. The third-order valence-electron chi connectivity index (χ3n) is 4.18. The molecule has 1 aliphatic heterocycles. The van der Waals surface area contributed by atoms with E-state index < -0.39 is 0 Å². The molecule has 7 heteroatoms. The van der Waals surface area contributed by atoms with Gasteiger partial charge in [-0.15, -0.1) is 11.3 Å². The van der Waals surface area contributed by atoms with Gasteiger partial charge in [-0.25, -0.2) is 9.78 Å². The second kappa shape index (κ2) is 5.76. The number of carbonyl (C=O) groups excluding carboxylic acids is 2. The fraction of sp³-hybridized carbons (Fsp3) is 0.235. The van der Waals surface area contributed by atoms with Gasteiger partial charge in [-0.1, -0.05) is 6.07 Å². The monoisotopic (exact) mass is 341 g/mol. The van der Waals surface area contributed by atoms with E-state index in [9.17, 15) is 9.59 Å². The minimum absolute atomic E-state index is 0.0508. The molecule has 4 rings (SSSR count). The number of hydrogen-bond donors (Lipinski definition) is 0. The van der Waals surface area contributed by atoms with Crippen LogP contribution in [0.25, 0.3) is 5.65 Å². The van der Waals surface area contributed by atoms with Crippen LogP contribution in [0, 0.1) is 0 Å². The highest BCUT2D eigenvalue weighted by Gasteiger charge is 2.26. The summed E-state index contributed by atoms with van der Waals surface area (Å²) in [5.41, 5.74) is 2.33. The minimum Gasteiger partial charge on any atom is -0.465 e. The fourth-order valence-corrected chi connectivity index (χ4v) is 4.04. The topological polar surface area (TPSA) is 63.9 Å². The van der Waals surface area contributed by atoms with Crippen molar-refractivity contribution in [2.75, 3.05) is 13.7 Å². The lowest BCUT2D eigenvalue weighted by Crippen LogP contribution is -2.35. The summed E-state index contributed by atoms with van der Waals surface area (Å²) in [4.78, 5) is 32.3. The first-order chi connectivity index (χ1) is 11.7. The maximum atomic E-state index is 12.9. The van der Waals surface area contributed by atoms with E-state index in [0.29, 0.717) is 23.7 Å². The Labute approximate surface area is 142 Å². The standard InChI is InChI=1S/C17H15N3O3S/c1-23-17(22)14-8-11-10-19(7-5-13(11)24-14)16(21)12-9-18-15-4-2-3-6-20(12)15/h2-4,6,8-9H,5,7,10H2,1H3. The Balaban J connectivity index is 1.61. The van der Waals surface area contributed by atoms with Gasteiger partial charge >= 0.3 is 5.97 Å². The smallest absolute Gasteiger partial charge is 0.348 e. The number of esters is 1. The Bertz CT molecular complexity index is 944. The van der Waals surface area contributed by atoms with Crippen LogP contribution in [0.4, 0.5) is 0 Å². The molecule has 24 heavy (non-hydrogen) atoms. The van der Waals surface area contributed by atoms with Crippen LogP contribution in [0.2, 0.25) is 0 Å². The molecule has 6 nitrogen and oxygen atoms in total. The van der Waals surface area contributed by atoms with Crippen molar-refractivity contribution in [3.05, 3.63) is 57.7 Å². The predicted molar refractivity (Wildman–Crippen MR) is 89.3 cm³/mol. The molecule has 1 aliphatic rings. The Morgan fingerprint density at radius 2 is 2.21 bits per heavy atom. The van der Waals surface area contributed by atoms with Crippen molar-refractivity contribution in [2.24, 2.45) is 0 Å². The van der Waals surface area contributed by atoms with Crippen molar-refractivity contribution in [3.63, 3.8) is 0 Å². The van der Waals surface area contributed by atoms with Gasteiger partial charge in [0.25, 0.3) is 5.91 Å². The number of rotatable bonds is 2. The van der Waals surface area contributed by atoms with Crippen molar-refractivity contribution >= 4 is 28.9 Å². The summed E-state index contributed by atoms with van der Waals surface area (Å²) in [6.07, 6.45) is 4.20. The molecule has 0 saturated heterocycles. The third kappa shape index (κ3) is 2.37. The first kappa shape index (κ1) is 14.9. The Morgan fingerprint density at radius 1 is 1.33 bits per heavy atom. The van der Waals surface area contributed by atoms with Gasteiger partial charge in [0.2, 0.25) is 0 Å². The molecule has 4 heterocycles. The normalized spacial score (nSPS) is 13.8. The molecule has 0 aliphatic carbocycles. The van der Waals surface area contributed by atoms with Crippen LogP contribution < -0.4 is 0 Å². The minimum atomic E-state index is -0.325. The van der Waals surface area contributed by atoms with Crippen LogP contribution in [0.1, 0.15) is 30.6 Å². The summed E-state index contributed by atoms with van der Waals surface area (Å²) in [5, 5.41) is 0. The highest BCUT2D eigenvalue weighted by atomic mass is 32.1. The van der Waals surface area contributed by atoms with Crippen molar-refractivity contribution in [1.29, 1.82) is 0 Å². The van der Waals surface area contributed by atoms with Gasteiger partial charge in [-0.2, -0.15) is 0 Å². The predicted octanol–water partition coefficient (Wildman–Crippen LogP) is 2.38. The third-order valence-corrected chi connectivity index (χ3v) is 5.39. The quantitative estimate of drug-likeness (QED) is 0.672. The average Bonchev–Trinajstić information content (AvgIpc) is 3.23. The van der Waals surface area contributed by atoms with Gasteiger partial charge in [0.15, 0.2) is 0 Å². The first-order valence-corrected chi connectivity index (χ1v) is 8.40. The second-order valence-corrected chi connectivity index (χ2v) is 6.74. The molecule has 0 radical (unpaired) electrons. The number of methoxy groups -OCH3 is 1. The number of fused-ring (bicyclic) bond motifs is 2. The number of hydrogen-bond acceptors (Lipinski definition) is 5. The molecule has 122 valence electrons. The first-order valence-electron chi connectivity index (χ1n) is 7.58. The zero-order valence-electron chi connectivity index (χ0n) is 13.1. The average molecular weight is 341 g/mol. The molecule has 1 amide bonds. The van der Waals surface area contributed by atoms with E-state index >= 15 is 0 Å². The summed E-state index contributed by atoms with van der Waals surface area (Å²) >= 11 is 1.45. The van der Waals surface area contributed by atoms with Gasteiger partial charge in [0.1, 0.15) is 16.2 Å². The second-order valence-electron chi connectivity index (χ2n) is 5.60. The zero-order valence-corrected chi connectivity index (χ0v) is 13.9. The fourth-order valence-electron chi connectivity index (χ4n) is 2.96. The summed E-state index contributed by atoms with van der Waals surface area (Å²) in [7, 11) is 1.38. The van der Waals surface area contributed by atoms with E-state index in [4.69, 9.17) is 4.74 Å². The number of carbonyl (C=O) groups is 2. The Morgan fingerprint density at radius 3 is 3.04 bits per heavy atom. The van der Waals surface area contributed by atoms with E-state index in [2.05, 4.69) is 4.98 Å². The van der Waals surface area contributed by atoms with Crippen LogP contribution in [0.15, 0.2) is 36.7 Å². The van der Waals surface area contributed by atoms with Gasteiger partial charge in [-0.3, -0.25) is 9.20 Å². The molecule has 0 N–H and O–H groups in total. The van der Waals surface area contributed by atoms with Crippen molar-refractivity contribution in [2.45, 2.75) is 13.0 Å². The lowest BCUT2D eigenvalue weighted by molar-refractivity contribution is 0.0606. The molecule has 0 spiro atoms. The molecule has 0 aromatic carbocycles. The van der Waals surface area contributed by atoms with Crippen LogP contribution in [-0.2, 0) is 17.7 Å². The molecular formula is C17H15N3O3S. The number of imidazole rings is 1. The summed E-state index contributed by atoms with van der Waals surface area (Å²) in [5.74, 6) is -0.376. The molecule has 0 bridgehead atoms. The van der Waals surface area contributed by atoms with Crippen LogP contribution in [0.3, 0.4) is 0 Å². The van der Waals surface area contributed by atoms with E-state index in [1.807, 2.05) is 30.5 Å². The number of thiophene rings is 1. The van der Waals surface area contributed by atoms with Gasteiger partial charge in [-0.05, 0) is 30.2 Å². The molecule has 0 unspecified atom stereocenters.